The summed E-state index contributed by atoms with van der Waals surface area (Å²) in [5, 5.41) is 0.814. The Bertz CT molecular complexity index is 994. The molecule has 0 amide bonds. The number of hydrogen-bond donors (Lipinski definition) is 0. The van der Waals surface area contributed by atoms with Crippen molar-refractivity contribution in [1.29, 1.82) is 0 Å². The number of hydrogen-bond acceptors (Lipinski definition) is 5. The minimum atomic E-state index is -0.599. The molecule has 2 aromatic heterocycles. The maximum Gasteiger partial charge on any atom is 0.341 e. The second-order valence-electron chi connectivity index (χ2n) is 5.39. The first-order chi connectivity index (χ1) is 11.5. The van der Waals surface area contributed by atoms with E-state index in [1.807, 2.05) is 26.0 Å². The van der Waals surface area contributed by atoms with E-state index in [0.29, 0.717) is 11.1 Å². The molecule has 5 nitrogen and oxygen atoms in total. The maximum atomic E-state index is 12.1. The van der Waals surface area contributed by atoms with Gasteiger partial charge in [-0.3, -0.25) is 0 Å². The fourth-order valence-electron chi connectivity index (χ4n) is 2.40. The van der Waals surface area contributed by atoms with Crippen molar-refractivity contribution in [3.8, 4) is 0 Å². The van der Waals surface area contributed by atoms with Gasteiger partial charge in [-0.2, -0.15) is 0 Å². The lowest BCUT2D eigenvalue weighted by molar-refractivity contribution is 0.0473. The fraction of sp³-hybridized carbons (Fsp3) is 0.167. The number of carbonyl (C=O) groups is 1. The van der Waals surface area contributed by atoms with Gasteiger partial charge in [0.1, 0.15) is 17.3 Å². The third-order valence-corrected chi connectivity index (χ3v) is 4.16. The maximum absolute atomic E-state index is 12.1. The van der Waals surface area contributed by atoms with Crippen LogP contribution in [-0.4, -0.2) is 11.0 Å². The standard InChI is InChI=1S/C18H14ClNO4/c1-10-5-6-13-12(8-15(21)24-16(13)11(10)2)9-23-18(22)14-4-3-7-20-17(14)19/h3-8H,9H2,1-2H3. The molecule has 0 spiro atoms. The van der Waals surface area contributed by atoms with E-state index in [1.54, 1.807) is 6.07 Å². The summed E-state index contributed by atoms with van der Waals surface area (Å²) < 4.78 is 10.6. The van der Waals surface area contributed by atoms with Crippen LogP contribution in [0.3, 0.4) is 0 Å². The minimum Gasteiger partial charge on any atom is -0.457 e. The highest BCUT2D eigenvalue weighted by atomic mass is 35.5. The van der Waals surface area contributed by atoms with Crippen LogP contribution in [0, 0.1) is 13.8 Å². The van der Waals surface area contributed by atoms with E-state index in [9.17, 15) is 9.59 Å². The van der Waals surface area contributed by atoms with Crippen LogP contribution >= 0.6 is 11.6 Å². The molecule has 2 heterocycles. The molecule has 0 aliphatic rings. The van der Waals surface area contributed by atoms with Crippen molar-refractivity contribution in [3.63, 3.8) is 0 Å². The lowest BCUT2D eigenvalue weighted by atomic mass is 10.0. The normalized spacial score (nSPS) is 10.8. The van der Waals surface area contributed by atoms with Crippen molar-refractivity contribution in [1.82, 2.24) is 4.98 Å². The number of nitrogens with zero attached hydrogens (tertiary/aromatic N) is 1. The lowest BCUT2D eigenvalue weighted by Crippen LogP contribution is -2.09. The van der Waals surface area contributed by atoms with Gasteiger partial charge in [0.15, 0.2) is 0 Å². The molecule has 0 unspecified atom stereocenters. The topological polar surface area (TPSA) is 69.4 Å². The SMILES string of the molecule is Cc1ccc2c(COC(=O)c3cccnc3Cl)cc(=O)oc2c1C. The van der Waals surface area contributed by atoms with Crippen LogP contribution in [0.4, 0.5) is 0 Å². The van der Waals surface area contributed by atoms with E-state index in [1.165, 1.54) is 18.3 Å². The first-order valence-corrected chi connectivity index (χ1v) is 7.65. The summed E-state index contributed by atoms with van der Waals surface area (Å²) in [7, 11) is 0. The van der Waals surface area contributed by atoms with Crippen LogP contribution in [0.25, 0.3) is 11.0 Å². The zero-order valence-corrected chi connectivity index (χ0v) is 13.9. The zero-order valence-electron chi connectivity index (χ0n) is 13.1. The van der Waals surface area contributed by atoms with E-state index in [0.717, 1.165) is 16.5 Å². The van der Waals surface area contributed by atoms with E-state index in [4.69, 9.17) is 20.8 Å². The third-order valence-electron chi connectivity index (χ3n) is 3.86. The average Bonchev–Trinajstić information content (AvgIpc) is 2.56. The summed E-state index contributed by atoms with van der Waals surface area (Å²) in [6.45, 7) is 3.76. The largest absolute Gasteiger partial charge is 0.457 e. The van der Waals surface area contributed by atoms with Crippen molar-refractivity contribution >= 4 is 28.5 Å². The summed E-state index contributed by atoms with van der Waals surface area (Å²) in [6, 6.07) is 8.24. The van der Waals surface area contributed by atoms with Gasteiger partial charge in [-0.15, -0.1) is 0 Å². The van der Waals surface area contributed by atoms with Crippen molar-refractivity contribution in [2.45, 2.75) is 20.5 Å². The monoisotopic (exact) mass is 343 g/mol. The number of benzene rings is 1. The average molecular weight is 344 g/mol. The molecule has 6 heteroatoms. The third kappa shape index (κ3) is 3.03. The molecule has 0 atom stereocenters. The highest BCUT2D eigenvalue weighted by Gasteiger charge is 2.15. The van der Waals surface area contributed by atoms with Crippen LogP contribution < -0.4 is 5.63 Å². The predicted molar refractivity (Wildman–Crippen MR) is 90.3 cm³/mol. The fourth-order valence-corrected chi connectivity index (χ4v) is 2.60. The molecule has 1 aromatic carbocycles. The van der Waals surface area contributed by atoms with Gasteiger partial charge in [0, 0.05) is 23.2 Å². The van der Waals surface area contributed by atoms with Gasteiger partial charge in [0.25, 0.3) is 0 Å². The van der Waals surface area contributed by atoms with Crippen LogP contribution in [0.1, 0.15) is 27.0 Å². The number of esters is 1. The Morgan fingerprint density at radius 3 is 2.83 bits per heavy atom. The van der Waals surface area contributed by atoms with Crippen molar-refractivity contribution in [2.24, 2.45) is 0 Å². The minimum absolute atomic E-state index is 0.0609. The van der Waals surface area contributed by atoms with Crippen LogP contribution in [-0.2, 0) is 11.3 Å². The molecule has 3 rings (SSSR count). The highest BCUT2D eigenvalue weighted by Crippen LogP contribution is 2.24. The summed E-state index contributed by atoms with van der Waals surface area (Å²) in [5.74, 6) is -0.599. The van der Waals surface area contributed by atoms with Gasteiger partial charge < -0.3 is 9.15 Å². The summed E-state index contributed by atoms with van der Waals surface area (Å²) in [4.78, 5) is 27.8. The molecule has 0 bridgehead atoms. The summed E-state index contributed by atoms with van der Waals surface area (Å²) in [5.41, 5.74) is 2.68. The smallest absolute Gasteiger partial charge is 0.341 e. The van der Waals surface area contributed by atoms with Crippen LogP contribution in [0.5, 0.6) is 0 Å². The van der Waals surface area contributed by atoms with Gasteiger partial charge in [-0.25, -0.2) is 14.6 Å². The summed E-state index contributed by atoms with van der Waals surface area (Å²) >= 11 is 5.88. The second kappa shape index (κ2) is 6.45. The molecule has 0 saturated heterocycles. The van der Waals surface area contributed by atoms with E-state index >= 15 is 0 Å². The molecule has 0 fully saturated rings. The van der Waals surface area contributed by atoms with E-state index < -0.39 is 11.6 Å². The van der Waals surface area contributed by atoms with Gasteiger partial charge >= 0.3 is 11.6 Å². The molecular weight excluding hydrogens is 330 g/mol. The molecule has 0 saturated carbocycles. The van der Waals surface area contributed by atoms with Gasteiger partial charge in [0.05, 0.1) is 5.56 Å². The van der Waals surface area contributed by atoms with Crippen molar-refractivity contribution in [2.75, 3.05) is 0 Å². The first kappa shape index (κ1) is 16.2. The molecule has 0 radical (unpaired) electrons. The quantitative estimate of drug-likeness (QED) is 0.411. The van der Waals surface area contributed by atoms with E-state index in [2.05, 4.69) is 4.98 Å². The van der Waals surface area contributed by atoms with Gasteiger partial charge in [0.2, 0.25) is 0 Å². The van der Waals surface area contributed by atoms with Gasteiger partial charge in [-0.05, 0) is 37.1 Å². The number of ether oxygens (including phenoxy) is 1. The number of pyridine rings is 1. The number of halogens is 1. The van der Waals surface area contributed by atoms with Crippen molar-refractivity contribution in [3.05, 3.63) is 74.4 Å². The highest BCUT2D eigenvalue weighted by molar-refractivity contribution is 6.32. The van der Waals surface area contributed by atoms with Gasteiger partial charge in [-0.1, -0.05) is 23.7 Å². The predicted octanol–water partition coefficient (Wildman–Crippen LogP) is 3.82. The molecule has 3 aromatic rings. The Morgan fingerprint density at radius 2 is 2.08 bits per heavy atom. The molecule has 24 heavy (non-hydrogen) atoms. The molecule has 0 aliphatic carbocycles. The first-order valence-electron chi connectivity index (χ1n) is 7.28. The molecular formula is C18H14ClNO4. The van der Waals surface area contributed by atoms with E-state index in [-0.39, 0.29) is 17.3 Å². The number of fused-ring (bicyclic) bond motifs is 1. The number of aryl methyl sites for hydroxylation is 2. The second-order valence-corrected chi connectivity index (χ2v) is 5.75. The number of aromatic nitrogens is 1. The Labute approximate surface area is 142 Å². The Hall–Kier alpha value is -2.66. The Balaban J connectivity index is 1.94. The molecule has 122 valence electrons. The van der Waals surface area contributed by atoms with Crippen LogP contribution in [0.2, 0.25) is 5.15 Å². The van der Waals surface area contributed by atoms with Crippen molar-refractivity contribution < 1.29 is 13.9 Å². The summed E-state index contributed by atoms with van der Waals surface area (Å²) in [6.07, 6.45) is 1.49. The Kier molecular flexibility index (Phi) is 4.36. The Morgan fingerprint density at radius 1 is 1.29 bits per heavy atom. The number of rotatable bonds is 3. The number of carbonyl (C=O) groups excluding carboxylic acids is 1. The lowest BCUT2D eigenvalue weighted by Gasteiger charge is -2.10. The molecule has 0 aliphatic heterocycles. The zero-order chi connectivity index (χ0) is 17.3. The van der Waals surface area contributed by atoms with Crippen LogP contribution in [0.15, 0.2) is 45.7 Å². The molecule has 0 N–H and O–H groups in total.